The van der Waals surface area contributed by atoms with Crippen LogP contribution in [0.2, 0.25) is 0 Å². The zero-order valence-electron chi connectivity index (χ0n) is 10.9. The lowest BCUT2D eigenvalue weighted by Crippen LogP contribution is -2.02. The van der Waals surface area contributed by atoms with E-state index in [4.69, 9.17) is 5.73 Å². The number of aromatic nitrogens is 2. The van der Waals surface area contributed by atoms with Gasteiger partial charge >= 0.3 is 0 Å². The van der Waals surface area contributed by atoms with Crippen LogP contribution in [0.1, 0.15) is 0 Å². The van der Waals surface area contributed by atoms with E-state index < -0.39 is 9.84 Å². The fourth-order valence-electron chi connectivity index (χ4n) is 1.88. The molecular weight excluding hydrogens is 282 g/mol. The molecular formula is C12H15N3O2S2. The summed E-state index contributed by atoms with van der Waals surface area (Å²) in [5.41, 5.74) is 7.50. The van der Waals surface area contributed by atoms with Crippen molar-refractivity contribution in [1.82, 2.24) is 9.78 Å². The van der Waals surface area contributed by atoms with Gasteiger partial charge in [-0.2, -0.15) is 5.10 Å². The SMILES string of the molecule is CSc1c(-c2cnn(C)c2N)cccc1S(C)(=O)=O. The van der Waals surface area contributed by atoms with Crippen molar-refractivity contribution in [3.63, 3.8) is 0 Å². The Morgan fingerprint density at radius 2 is 2.00 bits per heavy atom. The molecule has 0 aliphatic rings. The second-order valence-electron chi connectivity index (χ2n) is 4.18. The standard InChI is InChI=1S/C12H15N3O2S2/c1-15-12(13)9(7-14-15)8-5-4-6-10(11(8)18-2)19(3,16)17/h4-7H,13H2,1-3H3. The quantitative estimate of drug-likeness (QED) is 0.874. The van der Waals surface area contributed by atoms with Crippen LogP contribution in [0.3, 0.4) is 0 Å². The lowest BCUT2D eigenvalue weighted by Gasteiger charge is -2.11. The van der Waals surface area contributed by atoms with Crippen molar-refractivity contribution < 1.29 is 8.42 Å². The van der Waals surface area contributed by atoms with E-state index in [1.54, 1.807) is 30.1 Å². The van der Waals surface area contributed by atoms with Crippen LogP contribution in [0.5, 0.6) is 0 Å². The Morgan fingerprint density at radius 1 is 1.32 bits per heavy atom. The maximum atomic E-state index is 11.8. The van der Waals surface area contributed by atoms with Gasteiger partial charge in [-0.15, -0.1) is 11.8 Å². The Bertz CT molecular complexity index is 721. The number of benzene rings is 1. The van der Waals surface area contributed by atoms with Gasteiger partial charge in [0.15, 0.2) is 9.84 Å². The summed E-state index contributed by atoms with van der Waals surface area (Å²) in [6, 6.07) is 5.18. The van der Waals surface area contributed by atoms with E-state index in [0.29, 0.717) is 15.6 Å². The predicted molar refractivity (Wildman–Crippen MR) is 77.9 cm³/mol. The summed E-state index contributed by atoms with van der Waals surface area (Å²) in [6.45, 7) is 0. The molecule has 7 heteroatoms. The Labute approximate surface area is 116 Å². The average Bonchev–Trinajstić information content (AvgIpc) is 2.68. The van der Waals surface area contributed by atoms with Crippen molar-refractivity contribution in [2.75, 3.05) is 18.2 Å². The summed E-state index contributed by atoms with van der Waals surface area (Å²) >= 11 is 1.39. The van der Waals surface area contributed by atoms with Gasteiger partial charge < -0.3 is 5.73 Å². The molecule has 0 radical (unpaired) electrons. The number of nitrogens with zero attached hydrogens (tertiary/aromatic N) is 2. The first-order valence-electron chi connectivity index (χ1n) is 5.51. The minimum Gasteiger partial charge on any atom is -0.383 e. The minimum absolute atomic E-state index is 0.320. The molecule has 1 aromatic carbocycles. The topological polar surface area (TPSA) is 78.0 Å². The number of hydrogen-bond acceptors (Lipinski definition) is 5. The predicted octanol–water partition coefficient (Wildman–Crippen LogP) is 1.79. The molecule has 0 saturated carbocycles. The smallest absolute Gasteiger partial charge is 0.176 e. The highest BCUT2D eigenvalue weighted by Gasteiger charge is 2.19. The van der Waals surface area contributed by atoms with E-state index >= 15 is 0 Å². The summed E-state index contributed by atoms with van der Waals surface area (Å²) in [6.07, 6.45) is 4.70. The van der Waals surface area contributed by atoms with Gasteiger partial charge in [-0.1, -0.05) is 12.1 Å². The summed E-state index contributed by atoms with van der Waals surface area (Å²) in [4.78, 5) is 1.02. The van der Waals surface area contributed by atoms with E-state index in [0.717, 1.165) is 11.1 Å². The van der Waals surface area contributed by atoms with Gasteiger partial charge in [0.2, 0.25) is 0 Å². The first kappa shape index (κ1) is 14.0. The monoisotopic (exact) mass is 297 g/mol. The molecule has 1 heterocycles. The molecule has 2 aromatic rings. The number of anilines is 1. The third-order valence-corrected chi connectivity index (χ3v) is 4.97. The van der Waals surface area contributed by atoms with Crippen molar-refractivity contribution in [1.29, 1.82) is 0 Å². The number of thioether (sulfide) groups is 1. The van der Waals surface area contributed by atoms with Crippen LogP contribution in [0.25, 0.3) is 11.1 Å². The first-order chi connectivity index (χ1) is 8.86. The van der Waals surface area contributed by atoms with Crippen LogP contribution in [-0.2, 0) is 16.9 Å². The van der Waals surface area contributed by atoms with Crippen molar-refractivity contribution in [2.24, 2.45) is 7.05 Å². The minimum atomic E-state index is -3.27. The van der Waals surface area contributed by atoms with E-state index in [9.17, 15) is 8.42 Å². The molecule has 0 saturated heterocycles. The highest BCUT2D eigenvalue weighted by atomic mass is 32.2. The van der Waals surface area contributed by atoms with Crippen molar-refractivity contribution >= 4 is 27.4 Å². The molecule has 1 aromatic heterocycles. The summed E-state index contributed by atoms with van der Waals surface area (Å²) in [7, 11) is -1.52. The normalized spacial score (nSPS) is 11.7. The molecule has 0 unspecified atom stereocenters. The fourth-order valence-corrected chi connectivity index (χ4v) is 4.03. The highest BCUT2D eigenvalue weighted by Crippen LogP contribution is 2.37. The Kier molecular flexibility index (Phi) is 3.60. The molecule has 0 aliphatic carbocycles. The van der Waals surface area contributed by atoms with Crippen molar-refractivity contribution in [3.05, 3.63) is 24.4 Å². The number of nitrogen functional groups attached to an aromatic ring is 1. The molecule has 2 N–H and O–H groups in total. The molecule has 19 heavy (non-hydrogen) atoms. The maximum Gasteiger partial charge on any atom is 0.176 e. The zero-order chi connectivity index (χ0) is 14.2. The van der Waals surface area contributed by atoms with Gasteiger partial charge in [0.25, 0.3) is 0 Å². The van der Waals surface area contributed by atoms with Crippen LogP contribution < -0.4 is 5.73 Å². The largest absolute Gasteiger partial charge is 0.383 e. The van der Waals surface area contributed by atoms with Crippen molar-refractivity contribution in [3.8, 4) is 11.1 Å². The van der Waals surface area contributed by atoms with Crippen LogP contribution in [0.15, 0.2) is 34.2 Å². The molecule has 5 nitrogen and oxygen atoms in total. The lowest BCUT2D eigenvalue weighted by molar-refractivity contribution is 0.600. The average molecular weight is 297 g/mol. The first-order valence-corrected chi connectivity index (χ1v) is 8.62. The van der Waals surface area contributed by atoms with Crippen LogP contribution in [0, 0.1) is 0 Å². The van der Waals surface area contributed by atoms with Gasteiger partial charge in [-0.25, -0.2) is 8.42 Å². The molecule has 102 valence electrons. The van der Waals surface area contributed by atoms with Crippen LogP contribution >= 0.6 is 11.8 Å². The number of sulfone groups is 1. The number of rotatable bonds is 3. The molecule has 0 spiro atoms. The molecule has 0 bridgehead atoms. The molecule has 0 fully saturated rings. The van der Waals surface area contributed by atoms with Crippen LogP contribution in [-0.4, -0.2) is 30.7 Å². The Hall–Kier alpha value is -1.47. The third kappa shape index (κ3) is 2.48. The maximum absolute atomic E-state index is 11.8. The summed E-state index contributed by atoms with van der Waals surface area (Å²) in [5.74, 6) is 0.515. The van der Waals surface area contributed by atoms with Crippen LogP contribution in [0.4, 0.5) is 5.82 Å². The Morgan fingerprint density at radius 3 is 2.47 bits per heavy atom. The zero-order valence-corrected chi connectivity index (χ0v) is 12.5. The van der Waals surface area contributed by atoms with Gasteiger partial charge in [-0.3, -0.25) is 4.68 Å². The number of hydrogen-bond donors (Lipinski definition) is 1. The Balaban J connectivity index is 2.76. The van der Waals surface area contributed by atoms with E-state index in [2.05, 4.69) is 5.10 Å². The second kappa shape index (κ2) is 4.90. The highest BCUT2D eigenvalue weighted by molar-refractivity contribution is 7.99. The second-order valence-corrected chi connectivity index (χ2v) is 6.98. The molecule has 0 atom stereocenters. The van der Waals surface area contributed by atoms with E-state index in [1.165, 1.54) is 18.0 Å². The number of aryl methyl sites for hydroxylation is 1. The molecule has 0 aliphatic heterocycles. The van der Waals surface area contributed by atoms with E-state index in [-0.39, 0.29) is 0 Å². The third-order valence-electron chi connectivity index (χ3n) is 2.86. The summed E-state index contributed by atoms with van der Waals surface area (Å²) in [5, 5.41) is 4.09. The van der Waals surface area contributed by atoms with Crippen molar-refractivity contribution in [2.45, 2.75) is 9.79 Å². The van der Waals surface area contributed by atoms with Gasteiger partial charge in [-0.05, 0) is 12.3 Å². The molecule has 2 rings (SSSR count). The van der Waals surface area contributed by atoms with E-state index in [1.807, 2.05) is 12.3 Å². The van der Waals surface area contributed by atoms with Gasteiger partial charge in [0, 0.05) is 29.3 Å². The summed E-state index contributed by atoms with van der Waals surface area (Å²) < 4.78 is 25.2. The lowest BCUT2D eigenvalue weighted by atomic mass is 10.1. The van der Waals surface area contributed by atoms with Gasteiger partial charge in [0.05, 0.1) is 11.1 Å². The number of nitrogens with two attached hydrogens (primary N) is 1. The molecule has 0 amide bonds. The van der Waals surface area contributed by atoms with Gasteiger partial charge in [0.1, 0.15) is 5.82 Å². The fraction of sp³-hybridized carbons (Fsp3) is 0.250.